The Morgan fingerprint density at radius 3 is 2.79 bits per heavy atom. The first-order valence-corrected chi connectivity index (χ1v) is 6.98. The van der Waals surface area contributed by atoms with E-state index in [1.165, 1.54) is 0 Å². The van der Waals surface area contributed by atoms with E-state index in [0.717, 1.165) is 36.5 Å². The van der Waals surface area contributed by atoms with Gasteiger partial charge >= 0.3 is 0 Å². The number of amides is 1. The minimum atomic E-state index is -0.341. The minimum Gasteiger partial charge on any atom is -0.348 e. The van der Waals surface area contributed by atoms with Gasteiger partial charge in [0.2, 0.25) is 5.91 Å². The fraction of sp³-hybridized carbons (Fsp3) is 0.667. The number of halogens is 2. The van der Waals surface area contributed by atoms with Crippen LogP contribution >= 0.6 is 36.2 Å². The van der Waals surface area contributed by atoms with Crippen molar-refractivity contribution in [3.05, 3.63) is 16.1 Å². The number of carbonyl (C=O) groups is 1. The summed E-state index contributed by atoms with van der Waals surface area (Å²) < 4.78 is 0. The van der Waals surface area contributed by atoms with Crippen molar-refractivity contribution in [1.29, 1.82) is 0 Å². The van der Waals surface area contributed by atoms with Gasteiger partial charge in [0, 0.05) is 11.1 Å². The molecule has 1 unspecified atom stereocenters. The summed E-state index contributed by atoms with van der Waals surface area (Å²) in [5, 5.41) is 9.30. The van der Waals surface area contributed by atoms with Gasteiger partial charge in [-0.15, -0.1) is 36.2 Å². The maximum absolute atomic E-state index is 12.2. The highest BCUT2D eigenvalue weighted by Crippen LogP contribution is 2.23. The molecule has 1 aliphatic rings. The zero-order valence-electron chi connectivity index (χ0n) is 11.2. The average Bonchev–Trinajstić information content (AvgIpc) is 2.95. The summed E-state index contributed by atoms with van der Waals surface area (Å²) in [7, 11) is 0. The first-order chi connectivity index (χ1) is 8.16. The van der Waals surface area contributed by atoms with E-state index in [1.807, 2.05) is 12.3 Å². The van der Waals surface area contributed by atoms with Crippen LogP contribution in [0.25, 0.3) is 0 Å². The number of nitrogens with one attached hydrogen (secondary N) is 2. The molecule has 0 bridgehead atoms. The van der Waals surface area contributed by atoms with Gasteiger partial charge in [-0.25, -0.2) is 4.98 Å². The standard InChI is InChI=1S/C12H19N3OS.2ClH/c1-3-12(5-4-6-14-12)11(16)13-7-10-15-9(2)8-17-10;;/h8,14H,3-7H2,1-2H3,(H,13,16);2*1H. The molecular formula is C12H21Cl2N3OS. The fourth-order valence-corrected chi connectivity index (χ4v) is 2.98. The molecule has 2 N–H and O–H groups in total. The van der Waals surface area contributed by atoms with Gasteiger partial charge in [-0.3, -0.25) is 4.79 Å². The molecule has 4 nitrogen and oxygen atoms in total. The van der Waals surface area contributed by atoms with Crippen LogP contribution in [-0.4, -0.2) is 23.0 Å². The Balaban J connectivity index is 0.00000162. The van der Waals surface area contributed by atoms with Crippen LogP contribution in [0.3, 0.4) is 0 Å². The van der Waals surface area contributed by atoms with Crippen LogP contribution in [-0.2, 0) is 11.3 Å². The number of hydrogen-bond donors (Lipinski definition) is 2. The van der Waals surface area contributed by atoms with Crippen LogP contribution in [0, 0.1) is 6.92 Å². The molecule has 0 saturated carbocycles. The van der Waals surface area contributed by atoms with Crippen molar-refractivity contribution in [2.75, 3.05) is 6.54 Å². The first-order valence-electron chi connectivity index (χ1n) is 6.10. The highest BCUT2D eigenvalue weighted by Gasteiger charge is 2.38. The lowest BCUT2D eigenvalue weighted by Crippen LogP contribution is -2.52. The molecule has 110 valence electrons. The molecule has 2 heterocycles. The molecular weight excluding hydrogens is 305 g/mol. The monoisotopic (exact) mass is 325 g/mol. The van der Waals surface area contributed by atoms with E-state index in [9.17, 15) is 4.79 Å². The molecule has 7 heteroatoms. The maximum atomic E-state index is 12.2. The smallest absolute Gasteiger partial charge is 0.240 e. The molecule has 1 aromatic rings. The van der Waals surface area contributed by atoms with Gasteiger partial charge in [-0.05, 0) is 32.7 Å². The average molecular weight is 326 g/mol. The van der Waals surface area contributed by atoms with Crippen LogP contribution in [0.5, 0.6) is 0 Å². The number of aryl methyl sites for hydroxylation is 1. The zero-order valence-corrected chi connectivity index (χ0v) is 13.6. The third-order valence-electron chi connectivity index (χ3n) is 3.35. The van der Waals surface area contributed by atoms with Gasteiger partial charge in [-0.2, -0.15) is 0 Å². The van der Waals surface area contributed by atoms with E-state index in [0.29, 0.717) is 6.54 Å². The summed E-state index contributed by atoms with van der Waals surface area (Å²) in [5.74, 6) is 0.116. The Bertz CT molecular complexity index is 405. The molecule has 2 rings (SSSR count). The van der Waals surface area contributed by atoms with Crippen molar-refractivity contribution in [2.24, 2.45) is 0 Å². The third-order valence-corrected chi connectivity index (χ3v) is 4.32. The lowest BCUT2D eigenvalue weighted by Gasteiger charge is -2.26. The third kappa shape index (κ3) is 4.31. The van der Waals surface area contributed by atoms with Gasteiger partial charge < -0.3 is 10.6 Å². The number of hydrogen-bond acceptors (Lipinski definition) is 4. The Morgan fingerprint density at radius 2 is 2.32 bits per heavy atom. The predicted molar refractivity (Wildman–Crippen MR) is 83.5 cm³/mol. The second kappa shape index (κ2) is 8.04. The topological polar surface area (TPSA) is 54.0 Å². The van der Waals surface area contributed by atoms with E-state index in [1.54, 1.807) is 11.3 Å². The minimum absolute atomic E-state index is 0. The van der Waals surface area contributed by atoms with Crippen LogP contribution in [0.2, 0.25) is 0 Å². The lowest BCUT2D eigenvalue weighted by molar-refractivity contribution is -0.127. The number of aromatic nitrogens is 1. The molecule has 1 amide bonds. The second-order valence-corrected chi connectivity index (χ2v) is 5.47. The van der Waals surface area contributed by atoms with Crippen LogP contribution in [0.1, 0.15) is 36.9 Å². The van der Waals surface area contributed by atoms with Crippen molar-refractivity contribution in [2.45, 2.75) is 45.2 Å². The van der Waals surface area contributed by atoms with E-state index < -0.39 is 0 Å². The SMILES string of the molecule is CCC1(C(=O)NCc2nc(C)cs2)CCCN1.Cl.Cl. The molecule has 1 fully saturated rings. The molecule has 0 aliphatic carbocycles. The number of thiazole rings is 1. The molecule has 0 spiro atoms. The van der Waals surface area contributed by atoms with Crippen molar-refractivity contribution in [1.82, 2.24) is 15.6 Å². The Kier molecular flexibility index (Phi) is 7.89. The summed E-state index contributed by atoms with van der Waals surface area (Å²) in [6.45, 7) is 5.51. The summed E-state index contributed by atoms with van der Waals surface area (Å²) in [4.78, 5) is 16.5. The van der Waals surface area contributed by atoms with Crippen molar-refractivity contribution in [3.63, 3.8) is 0 Å². The molecule has 0 aromatic carbocycles. The normalized spacial score (nSPS) is 21.4. The van der Waals surface area contributed by atoms with E-state index in [-0.39, 0.29) is 36.3 Å². The van der Waals surface area contributed by atoms with Gasteiger partial charge in [0.05, 0.1) is 12.1 Å². The number of rotatable bonds is 4. The highest BCUT2D eigenvalue weighted by atomic mass is 35.5. The largest absolute Gasteiger partial charge is 0.348 e. The first kappa shape index (κ1) is 18.6. The molecule has 0 radical (unpaired) electrons. The summed E-state index contributed by atoms with van der Waals surface area (Å²) in [5.41, 5.74) is 0.676. The van der Waals surface area contributed by atoms with Crippen molar-refractivity contribution >= 4 is 42.1 Å². The van der Waals surface area contributed by atoms with Gasteiger partial charge in [0.1, 0.15) is 5.01 Å². The van der Waals surface area contributed by atoms with Gasteiger partial charge in [0.25, 0.3) is 0 Å². The van der Waals surface area contributed by atoms with E-state index in [4.69, 9.17) is 0 Å². The quantitative estimate of drug-likeness (QED) is 0.894. The predicted octanol–water partition coefficient (Wildman–Crippen LogP) is 2.44. The Labute approximate surface area is 130 Å². The lowest BCUT2D eigenvalue weighted by atomic mass is 9.93. The van der Waals surface area contributed by atoms with Crippen LogP contribution in [0.15, 0.2) is 5.38 Å². The van der Waals surface area contributed by atoms with Crippen molar-refractivity contribution < 1.29 is 4.79 Å². The molecule has 19 heavy (non-hydrogen) atoms. The Morgan fingerprint density at radius 1 is 1.58 bits per heavy atom. The second-order valence-electron chi connectivity index (χ2n) is 4.53. The maximum Gasteiger partial charge on any atom is 0.240 e. The van der Waals surface area contributed by atoms with Crippen LogP contribution < -0.4 is 10.6 Å². The van der Waals surface area contributed by atoms with Crippen LogP contribution in [0.4, 0.5) is 0 Å². The Hall–Kier alpha value is -0.360. The summed E-state index contributed by atoms with van der Waals surface area (Å²) >= 11 is 1.59. The zero-order chi connectivity index (χ0) is 12.3. The summed E-state index contributed by atoms with van der Waals surface area (Å²) in [6, 6.07) is 0. The fourth-order valence-electron chi connectivity index (χ4n) is 2.27. The van der Waals surface area contributed by atoms with E-state index in [2.05, 4.69) is 22.5 Å². The number of carbonyl (C=O) groups excluding carboxylic acids is 1. The van der Waals surface area contributed by atoms with Gasteiger partial charge in [-0.1, -0.05) is 6.92 Å². The highest BCUT2D eigenvalue weighted by molar-refractivity contribution is 7.09. The molecule has 1 atom stereocenters. The molecule has 1 aromatic heterocycles. The van der Waals surface area contributed by atoms with Gasteiger partial charge in [0.15, 0.2) is 0 Å². The van der Waals surface area contributed by atoms with Crippen molar-refractivity contribution in [3.8, 4) is 0 Å². The summed E-state index contributed by atoms with van der Waals surface area (Å²) in [6.07, 6.45) is 2.86. The molecule has 1 saturated heterocycles. The molecule has 1 aliphatic heterocycles. The number of nitrogens with zero attached hydrogens (tertiary/aromatic N) is 1. The van der Waals surface area contributed by atoms with E-state index >= 15 is 0 Å².